The molecule has 0 aliphatic carbocycles. The summed E-state index contributed by atoms with van der Waals surface area (Å²) >= 11 is 0. The van der Waals surface area contributed by atoms with Gasteiger partial charge in [-0.1, -0.05) is 17.3 Å². The molecule has 0 bridgehead atoms. The van der Waals surface area contributed by atoms with E-state index in [9.17, 15) is 4.79 Å². The molecular formula is C24H24N4O4. The molecule has 0 saturated heterocycles. The number of nitrogens with zero attached hydrogens (tertiary/aromatic N) is 4. The second-order valence-electron chi connectivity index (χ2n) is 7.91. The van der Waals surface area contributed by atoms with Crippen LogP contribution in [-0.4, -0.2) is 53.7 Å². The third-order valence-corrected chi connectivity index (χ3v) is 5.75. The summed E-state index contributed by atoms with van der Waals surface area (Å²) in [5.74, 6) is 1.25. The van der Waals surface area contributed by atoms with Crippen molar-refractivity contribution in [3.05, 3.63) is 60.0 Å². The number of hydrogen-bond donors (Lipinski definition) is 0. The molecule has 0 radical (unpaired) electrons. The first-order valence-corrected chi connectivity index (χ1v) is 10.6. The summed E-state index contributed by atoms with van der Waals surface area (Å²) in [4.78, 5) is 22.0. The van der Waals surface area contributed by atoms with Crippen molar-refractivity contribution in [1.82, 2.24) is 15.0 Å². The van der Waals surface area contributed by atoms with Crippen molar-refractivity contribution in [2.45, 2.75) is 20.0 Å². The van der Waals surface area contributed by atoms with E-state index in [4.69, 9.17) is 13.7 Å². The van der Waals surface area contributed by atoms with Crippen LogP contribution in [0.1, 0.15) is 23.0 Å². The smallest absolute Gasteiger partial charge is 0.259 e. The SMILES string of the molecule is CCN1C[C@@H](CN(C)C(=O)c2cc(-c3ccco3)nc3onc(C)c23)Oc2ccccc21. The fourth-order valence-electron chi connectivity index (χ4n) is 4.18. The standard InChI is InChI=1S/C24H24N4O4/c1-4-28-14-16(31-21-9-6-5-8-19(21)28)13-27(3)24(29)17-12-18(20-10-7-11-30-20)25-23-22(17)15(2)26-32-23/h5-12,16H,4,13-14H2,1-3H3/t16-/m1/s1. The number of aromatic nitrogens is 2. The van der Waals surface area contributed by atoms with Gasteiger partial charge in [-0.3, -0.25) is 4.79 Å². The Labute approximate surface area is 185 Å². The summed E-state index contributed by atoms with van der Waals surface area (Å²) in [7, 11) is 1.78. The molecule has 4 heterocycles. The van der Waals surface area contributed by atoms with E-state index in [0.29, 0.717) is 46.9 Å². The topological polar surface area (TPSA) is 84.8 Å². The monoisotopic (exact) mass is 432 g/mol. The molecule has 5 rings (SSSR count). The van der Waals surface area contributed by atoms with Crippen molar-refractivity contribution in [3.8, 4) is 17.2 Å². The first-order valence-electron chi connectivity index (χ1n) is 10.6. The van der Waals surface area contributed by atoms with Gasteiger partial charge in [-0.05, 0) is 44.2 Å². The van der Waals surface area contributed by atoms with Gasteiger partial charge in [0.15, 0.2) is 5.76 Å². The molecule has 8 nitrogen and oxygen atoms in total. The number of hydrogen-bond acceptors (Lipinski definition) is 7. The summed E-state index contributed by atoms with van der Waals surface area (Å²) in [6, 6.07) is 13.3. The summed E-state index contributed by atoms with van der Waals surface area (Å²) in [6.07, 6.45) is 1.42. The Hall–Kier alpha value is -3.81. The summed E-state index contributed by atoms with van der Waals surface area (Å²) in [5, 5.41) is 4.63. The number of furan rings is 1. The third kappa shape index (κ3) is 3.47. The fourth-order valence-corrected chi connectivity index (χ4v) is 4.18. The summed E-state index contributed by atoms with van der Waals surface area (Å²) in [5.41, 5.74) is 3.02. The molecule has 32 heavy (non-hydrogen) atoms. The largest absolute Gasteiger partial charge is 0.485 e. The minimum absolute atomic E-state index is 0.149. The molecule has 1 atom stereocenters. The average Bonchev–Trinajstić information content (AvgIpc) is 3.48. The van der Waals surface area contributed by atoms with Gasteiger partial charge in [0.25, 0.3) is 11.6 Å². The molecule has 0 unspecified atom stereocenters. The van der Waals surface area contributed by atoms with Crippen LogP contribution < -0.4 is 9.64 Å². The fraction of sp³-hybridized carbons (Fsp3) is 0.292. The van der Waals surface area contributed by atoms with Crippen molar-refractivity contribution in [2.24, 2.45) is 0 Å². The lowest BCUT2D eigenvalue weighted by Gasteiger charge is -2.37. The van der Waals surface area contributed by atoms with E-state index in [2.05, 4.69) is 28.0 Å². The number of ether oxygens (including phenoxy) is 1. The lowest BCUT2D eigenvalue weighted by Crippen LogP contribution is -2.46. The van der Waals surface area contributed by atoms with Gasteiger partial charge in [-0.25, -0.2) is 4.98 Å². The highest BCUT2D eigenvalue weighted by Crippen LogP contribution is 2.33. The van der Waals surface area contributed by atoms with Gasteiger partial charge < -0.3 is 23.5 Å². The first-order chi connectivity index (χ1) is 15.5. The highest BCUT2D eigenvalue weighted by molar-refractivity contribution is 6.06. The Bertz CT molecular complexity index is 1260. The molecule has 8 heteroatoms. The molecule has 4 aromatic rings. The number of pyridine rings is 1. The van der Waals surface area contributed by atoms with Gasteiger partial charge in [-0.2, -0.15) is 0 Å². The number of amides is 1. The number of carbonyl (C=O) groups is 1. The molecular weight excluding hydrogens is 408 g/mol. The van der Waals surface area contributed by atoms with Gasteiger partial charge >= 0.3 is 0 Å². The van der Waals surface area contributed by atoms with E-state index >= 15 is 0 Å². The third-order valence-electron chi connectivity index (χ3n) is 5.75. The van der Waals surface area contributed by atoms with Crippen LogP contribution in [0.25, 0.3) is 22.6 Å². The molecule has 1 aliphatic rings. The quantitative estimate of drug-likeness (QED) is 0.468. The molecule has 1 amide bonds. The van der Waals surface area contributed by atoms with Gasteiger partial charge in [0.2, 0.25) is 0 Å². The van der Waals surface area contributed by atoms with E-state index in [1.54, 1.807) is 43.3 Å². The van der Waals surface area contributed by atoms with E-state index in [-0.39, 0.29) is 12.0 Å². The Morgan fingerprint density at radius 3 is 2.88 bits per heavy atom. The highest BCUT2D eigenvalue weighted by atomic mass is 16.5. The average molecular weight is 432 g/mol. The number of benzene rings is 1. The Balaban J connectivity index is 1.44. The zero-order chi connectivity index (χ0) is 22.2. The van der Waals surface area contributed by atoms with Crippen LogP contribution in [0.5, 0.6) is 5.75 Å². The normalized spacial score (nSPS) is 15.5. The van der Waals surface area contributed by atoms with Crippen LogP contribution in [0.2, 0.25) is 0 Å². The zero-order valence-electron chi connectivity index (χ0n) is 18.2. The maximum absolute atomic E-state index is 13.5. The molecule has 0 spiro atoms. The van der Waals surface area contributed by atoms with Crippen molar-refractivity contribution < 1.29 is 18.5 Å². The van der Waals surface area contributed by atoms with E-state index in [1.165, 1.54) is 0 Å². The lowest BCUT2D eigenvalue weighted by molar-refractivity contribution is 0.0711. The molecule has 0 saturated carbocycles. The first kappa shape index (κ1) is 20.1. The van der Waals surface area contributed by atoms with Gasteiger partial charge in [0, 0.05) is 13.6 Å². The molecule has 0 N–H and O–H groups in total. The van der Waals surface area contributed by atoms with Crippen molar-refractivity contribution >= 4 is 22.7 Å². The van der Waals surface area contributed by atoms with E-state index in [1.807, 2.05) is 18.2 Å². The predicted octanol–water partition coefficient (Wildman–Crippen LogP) is 4.15. The Morgan fingerprint density at radius 1 is 1.25 bits per heavy atom. The Kier molecular flexibility index (Phi) is 5.05. The predicted molar refractivity (Wildman–Crippen MR) is 120 cm³/mol. The molecule has 3 aromatic heterocycles. The van der Waals surface area contributed by atoms with E-state index < -0.39 is 0 Å². The van der Waals surface area contributed by atoms with Gasteiger partial charge in [0.1, 0.15) is 17.5 Å². The van der Waals surface area contributed by atoms with Crippen LogP contribution in [0.3, 0.4) is 0 Å². The molecule has 0 fully saturated rings. The van der Waals surface area contributed by atoms with Crippen LogP contribution in [0.4, 0.5) is 5.69 Å². The van der Waals surface area contributed by atoms with Crippen molar-refractivity contribution in [2.75, 3.05) is 31.6 Å². The second-order valence-corrected chi connectivity index (χ2v) is 7.91. The van der Waals surface area contributed by atoms with Crippen LogP contribution in [0.15, 0.2) is 57.7 Å². The number of fused-ring (bicyclic) bond motifs is 2. The number of likely N-dealkylation sites (N-methyl/N-ethyl adjacent to an activating group) is 2. The zero-order valence-corrected chi connectivity index (χ0v) is 18.2. The molecule has 1 aromatic carbocycles. The Morgan fingerprint density at radius 2 is 2.09 bits per heavy atom. The maximum atomic E-state index is 13.5. The van der Waals surface area contributed by atoms with Gasteiger partial charge in [-0.15, -0.1) is 0 Å². The van der Waals surface area contributed by atoms with Crippen LogP contribution in [0, 0.1) is 6.92 Å². The van der Waals surface area contributed by atoms with Crippen molar-refractivity contribution in [3.63, 3.8) is 0 Å². The van der Waals surface area contributed by atoms with Crippen molar-refractivity contribution in [1.29, 1.82) is 0 Å². The number of aryl methyl sites for hydroxylation is 1. The maximum Gasteiger partial charge on any atom is 0.259 e. The second kappa shape index (κ2) is 8.03. The molecule has 164 valence electrons. The lowest BCUT2D eigenvalue weighted by atomic mass is 10.1. The highest BCUT2D eigenvalue weighted by Gasteiger charge is 2.28. The van der Waals surface area contributed by atoms with E-state index in [0.717, 1.165) is 18.0 Å². The minimum Gasteiger partial charge on any atom is -0.485 e. The summed E-state index contributed by atoms with van der Waals surface area (Å²) in [6.45, 7) is 5.93. The summed E-state index contributed by atoms with van der Waals surface area (Å²) < 4.78 is 17.1. The number of anilines is 1. The van der Waals surface area contributed by atoms with Crippen LogP contribution in [-0.2, 0) is 0 Å². The number of para-hydroxylation sites is 2. The number of rotatable bonds is 5. The van der Waals surface area contributed by atoms with Crippen LogP contribution >= 0.6 is 0 Å². The minimum atomic E-state index is -0.151. The van der Waals surface area contributed by atoms with Gasteiger partial charge in [0.05, 0.1) is 41.7 Å². The number of carbonyl (C=O) groups excluding carboxylic acids is 1. The molecule has 1 aliphatic heterocycles.